The summed E-state index contributed by atoms with van der Waals surface area (Å²) in [6.45, 7) is 2.02. The van der Waals surface area contributed by atoms with Crippen molar-refractivity contribution in [1.82, 2.24) is 5.32 Å². The molecular weight excluding hydrogens is 488 g/mol. The van der Waals surface area contributed by atoms with Crippen molar-refractivity contribution >= 4 is 28.8 Å². The van der Waals surface area contributed by atoms with Crippen LogP contribution in [0.1, 0.15) is 47.6 Å². The Morgan fingerprint density at radius 2 is 1.84 bits per heavy atom. The lowest BCUT2D eigenvalue weighted by atomic mass is 9.72. The SMILES string of the molecule is CC1=C(C(=O)OCCc2ccccc2)C(c2ccc([N+](=O)[O-])cc2)C2=C(CC(c3cccs3)CC2=O)N1. The first-order valence-electron chi connectivity index (χ1n) is 12.1. The summed E-state index contributed by atoms with van der Waals surface area (Å²) in [5.74, 6) is -1.11. The Bertz CT molecular complexity index is 1390. The van der Waals surface area contributed by atoms with Crippen molar-refractivity contribution < 1.29 is 19.2 Å². The summed E-state index contributed by atoms with van der Waals surface area (Å²) < 4.78 is 5.69. The van der Waals surface area contributed by atoms with Gasteiger partial charge < -0.3 is 10.1 Å². The Balaban J connectivity index is 1.47. The minimum atomic E-state index is -0.655. The lowest BCUT2D eigenvalue weighted by Crippen LogP contribution is -2.36. The largest absolute Gasteiger partial charge is 0.462 e. The van der Waals surface area contributed by atoms with E-state index in [0.29, 0.717) is 41.7 Å². The summed E-state index contributed by atoms with van der Waals surface area (Å²) in [5.41, 5.74) is 4.00. The van der Waals surface area contributed by atoms with Crippen molar-refractivity contribution in [3.05, 3.63) is 121 Å². The average molecular weight is 515 g/mol. The lowest BCUT2D eigenvalue weighted by Gasteiger charge is -2.36. The molecule has 1 aliphatic heterocycles. The number of ketones is 1. The number of benzene rings is 2. The van der Waals surface area contributed by atoms with Crippen LogP contribution in [0, 0.1) is 10.1 Å². The number of allylic oxidation sites excluding steroid dienone is 3. The first-order chi connectivity index (χ1) is 17.9. The van der Waals surface area contributed by atoms with Gasteiger partial charge in [-0.15, -0.1) is 11.3 Å². The third kappa shape index (κ3) is 5.11. The summed E-state index contributed by atoms with van der Waals surface area (Å²) in [4.78, 5) is 38.9. The van der Waals surface area contributed by atoms with Gasteiger partial charge in [0.2, 0.25) is 0 Å². The minimum absolute atomic E-state index is 0.0300. The molecule has 2 unspecified atom stereocenters. The fourth-order valence-electron chi connectivity index (χ4n) is 5.14. The zero-order chi connectivity index (χ0) is 25.9. The van der Waals surface area contributed by atoms with Crippen LogP contribution in [-0.4, -0.2) is 23.3 Å². The van der Waals surface area contributed by atoms with Gasteiger partial charge in [-0.1, -0.05) is 48.5 Å². The second kappa shape index (κ2) is 10.5. The molecule has 0 spiro atoms. The van der Waals surface area contributed by atoms with Gasteiger partial charge in [-0.25, -0.2) is 4.79 Å². The maximum absolute atomic E-state index is 13.6. The highest BCUT2D eigenvalue weighted by Gasteiger charge is 2.41. The van der Waals surface area contributed by atoms with Crippen molar-refractivity contribution in [3.8, 4) is 0 Å². The molecule has 1 aromatic heterocycles. The highest BCUT2D eigenvalue weighted by molar-refractivity contribution is 7.10. The molecule has 2 aromatic carbocycles. The molecule has 5 rings (SSSR count). The Morgan fingerprint density at radius 1 is 1.08 bits per heavy atom. The van der Waals surface area contributed by atoms with E-state index in [0.717, 1.165) is 16.1 Å². The van der Waals surface area contributed by atoms with E-state index in [1.54, 1.807) is 23.5 Å². The molecule has 1 N–H and O–H groups in total. The first-order valence-corrected chi connectivity index (χ1v) is 13.0. The van der Waals surface area contributed by atoms with Gasteiger partial charge in [0, 0.05) is 58.7 Å². The molecule has 1 aliphatic carbocycles. The molecule has 0 radical (unpaired) electrons. The Kier molecular flexibility index (Phi) is 7.01. The molecule has 0 saturated heterocycles. The molecule has 2 heterocycles. The standard InChI is InChI=1S/C29H26N2O5S/c1-18-26(29(33)36-14-13-19-6-3-2-4-7-19)27(20-9-11-22(12-10-20)31(34)35)28-23(30-18)16-21(17-24(28)32)25-8-5-15-37-25/h2-12,15,21,27,30H,13-14,16-17H2,1H3. The summed E-state index contributed by atoms with van der Waals surface area (Å²) in [5, 5.41) is 16.6. The number of carbonyl (C=O) groups excluding carboxylic acids is 2. The highest BCUT2D eigenvalue weighted by atomic mass is 32.1. The molecule has 0 saturated carbocycles. The van der Waals surface area contributed by atoms with E-state index in [4.69, 9.17) is 4.74 Å². The predicted octanol–water partition coefficient (Wildman–Crippen LogP) is 5.80. The number of thiophene rings is 1. The van der Waals surface area contributed by atoms with Crippen molar-refractivity contribution in [3.63, 3.8) is 0 Å². The van der Waals surface area contributed by atoms with Crippen LogP contribution in [0.5, 0.6) is 0 Å². The van der Waals surface area contributed by atoms with E-state index >= 15 is 0 Å². The van der Waals surface area contributed by atoms with Crippen LogP contribution >= 0.6 is 11.3 Å². The van der Waals surface area contributed by atoms with E-state index < -0.39 is 16.8 Å². The zero-order valence-electron chi connectivity index (χ0n) is 20.3. The van der Waals surface area contributed by atoms with Gasteiger partial charge in [0.25, 0.3) is 5.69 Å². The smallest absolute Gasteiger partial charge is 0.336 e. The number of nitrogens with one attached hydrogen (secondary N) is 1. The summed E-state index contributed by atoms with van der Waals surface area (Å²) >= 11 is 1.63. The van der Waals surface area contributed by atoms with Crippen LogP contribution in [0.2, 0.25) is 0 Å². The van der Waals surface area contributed by atoms with Gasteiger partial charge in [0.1, 0.15) is 0 Å². The van der Waals surface area contributed by atoms with Crippen molar-refractivity contribution in [2.45, 2.75) is 38.0 Å². The number of hydrogen-bond acceptors (Lipinski definition) is 7. The van der Waals surface area contributed by atoms with E-state index in [-0.39, 0.29) is 24.0 Å². The van der Waals surface area contributed by atoms with Crippen molar-refractivity contribution in [1.29, 1.82) is 0 Å². The number of dihydropyridines is 1. The number of esters is 1. The number of nitro benzene ring substituents is 1. The zero-order valence-corrected chi connectivity index (χ0v) is 21.1. The maximum atomic E-state index is 13.6. The monoisotopic (exact) mass is 514 g/mol. The average Bonchev–Trinajstić information content (AvgIpc) is 3.43. The predicted molar refractivity (Wildman–Crippen MR) is 141 cm³/mol. The maximum Gasteiger partial charge on any atom is 0.336 e. The number of nitro groups is 1. The van der Waals surface area contributed by atoms with Gasteiger partial charge in [-0.2, -0.15) is 0 Å². The van der Waals surface area contributed by atoms with Gasteiger partial charge >= 0.3 is 5.97 Å². The quantitative estimate of drug-likeness (QED) is 0.243. The second-order valence-electron chi connectivity index (χ2n) is 9.25. The molecule has 2 aliphatic rings. The molecule has 2 atom stereocenters. The van der Waals surface area contributed by atoms with Gasteiger partial charge in [-0.05, 0) is 35.9 Å². The number of carbonyl (C=O) groups is 2. The number of ether oxygens (including phenoxy) is 1. The molecule has 3 aromatic rings. The van der Waals surface area contributed by atoms with Crippen LogP contribution in [0.25, 0.3) is 0 Å². The molecule has 0 fully saturated rings. The first kappa shape index (κ1) is 24.6. The number of rotatable bonds is 7. The Hall–Kier alpha value is -4.04. The Labute approximate surface area is 218 Å². The summed E-state index contributed by atoms with van der Waals surface area (Å²) in [7, 11) is 0. The van der Waals surface area contributed by atoms with Crippen LogP contribution in [0.3, 0.4) is 0 Å². The van der Waals surface area contributed by atoms with Crippen LogP contribution < -0.4 is 5.32 Å². The molecule has 188 valence electrons. The highest BCUT2D eigenvalue weighted by Crippen LogP contribution is 2.46. The van der Waals surface area contributed by atoms with Gasteiger partial charge in [-0.3, -0.25) is 14.9 Å². The summed E-state index contributed by atoms with van der Waals surface area (Å²) in [6.07, 6.45) is 1.57. The molecule has 8 heteroatoms. The lowest BCUT2D eigenvalue weighted by molar-refractivity contribution is -0.384. The Morgan fingerprint density at radius 3 is 2.51 bits per heavy atom. The molecule has 7 nitrogen and oxygen atoms in total. The number of nitrogens with zero attached hydrogens (tertiary/aromatic N) is 1. The third-order valence-electron chi connectivity index (χ3n) is 6.90. The molecule has 37 heavy (non-hydrogen) atoms. The van der Waals surface area contributed by atoms with Crippen LogP contribution in [0.4, 0.5) is 5.69 Å². The minimum Gasteiger partial charge on any atom is -0.462 e. The number of Topliss-reactive ketones (excluding diaryl/α,β-unsaturated/α-hetero) is 1. The van der Waals surface area contributed by atoms with E-state index in [2.05, 4.69) is 5.32 Å². The number of hydrogen-bond donors (Lipinski definition) is 1. The van der Waals surface area contributed by atoms with E-state index in [9.17, 15) is 19.7 Å². The van der Waals surface area contributed by atoms with Gasteiger partial charge in [0.05, 0.1) is 17.1 Å². The second-order valence-corrected chi connectivity index (χ2v) is 10.2. The van der Waals surface area contributed by atoms with E-state index in [1.807, 2.05) is 54.8 Å². The molecule has 0 bridgehead atoms. The fraction of sp³-hybridized carbons (Fsp3) is 0.241. The van der Waals surface area contributed by atoms with Crippen LogP contribution in [0.15, 0.2) is 94.7 Å². The van der Waals surface area contributed by atoms with Gasteiger partial charge in [0.15, 0.2) is 5.78 Å². The summed E-state index contributed by atoms with van der Waals surface area (Å²) in [6, 6.07) is 19.9. The molecular formula is C29H26N2O5S. The topological polar surface area (TPSA) is 98.5 Å². The van der Waals surface area contributed by atoms with E-state index in [1.165, 1.54) is 12.1 Å². The van der Waals surface area contributed by atoms with Crippen LogP contribution in [-0.2, 0) is 20.7 Å². The van der Waals surface area contributed by atoms with Crippen molar-refractivity contribution in [2.75, 3.05) is 6.61 Å². The fourth-order valence-corrected chi connectivity index (χ4v) is 5.97. The third-order valence-corrected chi connectivity index (χ3v) is 7.93. The molecule has 0 amide bonds. The van der Waals surface area contributed by atoms with Crippen molar-refractivity contribution in [2.24, 2.45) is 0 Å². The normalized spacial score (nSPS) is 19.3. The number of non-ortho nitro benzene ring substituents is 1.